The van der Waals surface area contributed by atoms with Gasteiger partial charge in [0.2, 0.25) is 0 Å². The third kappa shape index (κ3) is 4.27. The maximum absolute atomic E-state index is 12.7. The van der Waals surface area contributed by atoms with Gasteiger partial charge in [0.25, 0.3) is 5.91 Å². The number of rotatable bonds is 6. The van der Waals surface area contributed by atoms with Crippen LogP contribution in [-0.4, -0.2) is 43.1 Å². The van der Waals surface area contributed by atoms with E-state index < -0.39 is 18.1 Å². The van der Waals surface area contributed by atoms with E-state index in [1.54, 1.807) is 16.8 Å². The Kier molecular flexibility index (Phi) is 5.38. The predicted molar refractivity (Wildman–Crippen MR) is 120 cm³/mol. The van der Waals surface area contributed by atoms with E-state index in [-0.39, 0.29) is 5.56 Å². The molecule has 0 radical (unpaired) electrons. The van der Waals surface area contributed by atoms with Gasteiger partial charge in [-0.05, 0) is 55.0 Å². The predicted octanol–water partition coefficient (Wildman–Crippen LogP) is 4.51. The van der Waals surface area contributed by atoms with E-state index in [1.165, 1.54) is 36.1 Å². The van der Waals surface area contributed by atoms with Crippen molar-refractivity contribution in [1.29, 1.82) is 0 Å². The third-order valence-electron chi connectivity index (χ3n) is 6.19. The van der Waals surface area contributed by atoms with Crippen LogP contribution < -0.4 is 5.32 Å². The van der Waals surface area contributed by atoms with Gasteiger partial charge in [-0.1, -0.05) is 18.2 Å². The first-order valence-electron chi connectivity index (χ1n) is 11.0. The highest BCUT2D eigenvalue weighted by Gasteiger charge is 2.37. The average molecular weight is 468 g/mol. The second-order valence-electron chi connectivity index (χ2n) is 8.71. The molecule has 0 saturated heterocycles. The Balaban J connectivity index is 1.36. The molecule has 2 aromatic heterocycles. The number of hydrogen-bond donors (Lipinski definition) is 2. The van der Waals surface area contributed by atoms with E-state index in [1.807, 2.05) is 24.6 Å². The molecular weight excluding hydrogens is 445 g/mol. The molecule has 1 aliphatic rings. The fraction of sp³-hybridized carbons (Fsp3) is 0.333. The summed E-state index contributed by atoms with van der Waals surface area (Å²) in [6.45, 7) is 0.907. The van der Waals surface area contributed by atoms with Crippen molar-refractivity contribution in [1.82, 2.24) is 30.3 Å². The number of carbonyl (C=O) groups is 1. The second-order valence-corrected chi connectivity index (χ2v) is 8.71. The number of hydrogen-bond acceptors (Lipinski definition) is 4. The molecule has 34 heavy (non-hydrogen) atoms. The van der Waals surface area contributed by atoms with Crippen molar-refractivity contribution in [3.8, 4) is 11.4 Å². The van der Waals surface area contributed by atoms with Crippen molar-refractivity contribution in [2.45, 2.75) is 44.3 Å². The average Bonchev–Trinajstić information content (AvgIpc) is 3.40. The van der Waals surface area contributed by atoms with E-state index >= 15 is 0 Å². The molecule has 4 aromatic rings. The van der Waals surface area contributed by atoms with E-state index in [2.05, 4.69) is 21.4 Å². The largest absolute Gasteiger partial charge is 0.408 e. The number of aromatic nitrogens is 5. The first-order valence-corrected chi connectivity index (χ1v) is 11.0. The Labute approximate surface area is 193 Å². The van der Waals surface area contributed by atoms with Gasteiger partial charge in [0.05, 0.1) is 11.7 Å². The lowest BCUT2D eigenvalue weighted by molar-refractivity contribution is -0.149. The summed E-state index contributed by atoms with van der Waals surface area (Å²) in [5, 5.41) is 14.8. The minimum atomic E-state index is -4.49. The lowest BCUT2D eigenvalue weighted by Crippen LogP contribution is -2.43. The van der Waals surface area contributed by atoms with Crippen LogP contribution in [0.25, 0.3) is 22.3 Å². The standard InChI is InChI=1S/C24H23F3N6O/c1-13(24(25,26)27)29-23(34)16-7-5-15(6-8-16)22-30-20(33(2)32-22)11-17-9-10-19-18(12-28-31-19)21(17)14-3-4-14/h5-10,12-14H,3-4,11H2,1-2H3,(H,28,31)(H,29,34). The summed E-state index contributed by atoms with van der Waals surface area (Å²) >= 11 is 0. The highest BCUT2D eigenvalue weighted by Crippen LogP contribution is 2.45. The zero-order valence-electron chi connectivity index (χ0n) is 18.6. The van der Waals surface area contributed by atoms with E-state index in [9.17, 15) is 18.0 Å². The number of halogens is 3. The number of carbonyl (C=O) groups excluding carboxylic acids is 1. The molecule has 2 N–H and O–H groups in total. The molecule has 1 unspecified atom stereocenters. The monoisotopic (exact) mass is 468 g/mol. The van der Waals surface area contributed by atoms with Crippen LogP contribution >= 0.6 is 0 Å². The Morgan fingerprint density at radius 3 is 2.62 bits per heavy atom. The topological polar surface area (TPSA) is 88.5 Å². The van der Waals surface area contributed by atoms with Gasteiger partial charge in [0.1, 0.15) is 11.9 Å². The third-order valence-corrected chi connectivity index (χ3v) is 6.19. The maximum atomic E-state index is 12.7. The Hall–Kier alpha value is -3.69. The summed E-state index contributed by atoms with van der Waals surface area (Å²) in [5.41, 5.74) is 4.36. The number of alkyl halides is 3. The molecule has 0 bridgehead atoms. The van der Waals surface area contributed by atoms with Crippen LogP contribution in [0.3, 0.4) is 0 Å². The number of amides is 1. The minimum Gasteiger partial charge on any atom is -0.341 e. The van der Waals surface area contributed by atoms with Crippen molar-refractivity contribution in [3.63, 3.8) is 0 Å². The van der Waals surface area contributed by atoms with Gasteiger partial charge in [-0.2, -0.15) is 23.4 Å². The molecule has 10 heteroatoms. The van der Waals surface area contributed by atoms with E-state index in [4.69, 9.17) is 4.98 Å². The lowest BCUT2D eigenvalue weighted by Gasteiger charge is -2.17. The minimum absolute atomic E-state index is 0.137. The Bertz CT molecular complexity index is 1350. The van der Waals surface area contributed by atoms with E-state index in [0.717, 1.165) is 23.7 Å². The Morgan fingerprint density at radius 1 is 1.21 bits per heavy atom. The SMILES string of the molecule is CC(NC(=O)c1ccc(-c2nc(Cc3ccc4[nH]ncc4c3C3CC3)n(C)n2)cc1)C(F)(F)F. The molecule has 5 rings (SSSR count). The number of benzene rings is 2. The van der Waals surface area contributed by atoms with Crippen molar-refractivity contribution in [2.24, 2.45) is 7.05 Å². The fourth-order valence-corrected chi connectivity index (χ4v) is 4.09. The summed E-state index contributed by atoms with van der Waals surface area (Å²) in [4.78, 5) is 16.8. The van der Waals surface area contributed by atoms with Gasteiger partial charge < -0.3 is 5.32 Å². The summed E-state index contributed by atoms with van der Waals surface area (Å²) in [6, 6.07) is 8.44. The highest BCUT2D eigenvalue weighted by atomic mass is 19.4. The number of fused-ring (bicyclic) bond motifs is 1. The quantitative estimate of drug-likeness (QED) is 0.436. The molecule has 1 atom stereocenters. The van der Waals surface area contributed by atoms with E-state index in [0.29, 0.717) is 23.7 Å². The van der Waals surface area contributed by atoms with Crippen molar-refractivity contribution >= 4 is 16.8 Å². The summed E-state index contributed by atoms with van der Waals surface area (Å²) in [6.07, 6.45) is 0.339. The highest BCUT2D eigenvalue weighted by molar-refractivity contribution is 5.94. The maximum Gasteiger partial charge on any atom is 0.408 e. The van der Waals surface area contributed by atoms with Crippen molar-refractivity contribution < 1.29 is 18.0 Å². The normalized spacial score (nSPS) is 15.0. The summed E-state index contributed by atoms with van der Waals surface area (Å²) in [5.74, 6) is 1.04. The van der Waals surface area contributed by atoms with Crippen LogP contribution in [0.5, 0.6) is 0 Å². The first kappa shape index (κ1) is 22.1. The van der Waals surface area contributed by atoms with Gasteiger partial charge in [0, 0.05) is 30.0 Å². The van der Waals surface area contributed by atoms with Gasteiger partial charge in [-0.25, -0.2) is 4.98 Å². The molecular formula is C24H23F3N6O. The number of aryl methyl sites for hydroxylation is 1. The first-order chi connectivity index (χ1) is 16.2. The molecule has 2 aromatic carbocycles. The summed E-state index contributed by atoms with van der Waals surface area (Å²) in [7, 11) is 1.83. The molecule has 2 heterocycles. The number of nitrogens with zero attached hydrogens (tertiary/aromatic N) is 4. The smallest absolute Gasteiger partial charge is 0.341 e. The molecule has 1 saturated carbocycles. The van der Waals surface area contributed by atoms with Crippen LogP contribution in [0.4, 0.5) is 13.2 Å². The molecule has 1 amide bonds. The van der Waals surface area contributed by atoms with Crippen LogP contribution in [0.2, 0.25) is 0 Å². The number of nitrogens with one attached hydrogen (secondary N) is 2. The molecule has 0 aliphatic heterocycles. The zero-order chi connectivity index (χ0) is 24.0. The zero-order valence-corrected chi connectivity index (χ0v) is 18.6. The number of aromatic amines is 1. The molecule has 1 fully saturated rings. The second kappa shape index (κ2) is 8.27. The molecule has 0 spiro atoms. The van der Waals surface area contributed by atoms with Crippen LogP contribution in [0.1, 0.15) is 53.0 Å². The Morgan fingerprint density at radius 2 is 1.94 bits per heavy atom. The fourth-order valence-electron chi connectivity index (χ4n) is 4.09. The van der Waals surface area contributed by atoms with Crippen molar-refractivity contribution in [3.05, 3.63) is 65.1 Å². The molecule has 7 nitrogen and oxygen atoms in total. The lowest BCUT2D eigenvalue weighted by atomic mass is 9.97. The number of H-pyrrole nitrogens is 1. The van der Waals surface area contributed by atoms with Crippen LogP contribution in [-0.2, 0) is 13.5 Å². The summed E-state index contributed by atoms with van der Waals surface area (Å²) < 4.78 is 39.8. The van der Waals surface area contributed by atoms with Gasteiger partial charge in [0.15, 0.2) is 5.82 Å². The van der Waals surface area contributed by atoms with Gasteiger partial charge in [-0.3, -0.25) is 14.6 Å². The molecule has 176 valence electrons. The van der Waals surface area contributed by atoms with Gasteiger partial charge in [-0.15, -0.1) is 0 Å². The van der Waals surface area contributed by atoms with Crippen molar-refractivity contribution in [2.75, 3.05) is 0 Å². The molecule has 1 aliphatic carbocycles. The van der Waals surface area contributed by atoms with Crippen LogP contribution in [0, 0.1) is 0 Å². The van der Waals surface area contributed by atoms with Gasteiger partial charge >= 0.3 is 6.18 Å². The van der Waals surface area contributed by atoms with Crippen LogP contribution in [0.15, 0.2) is 42.6 Å².